The van der Waals surface area contributed by atoms with Gasteiger partial charge in [0.2, 0.25) is 0 Å². The lowest BCUT2D eigenvalue weighted by molar-refractivity contribution is 0.0595. The molecule has 2 rings (SSSR count). The van der Waals surface area contributed by atoms with Crippen molar-refractivity contribution in [1.29, 1.82) is 0 Å². The van der Waals surface area contributed by atoms with Crippen LogP contribution in [0, 0.1) is 18.6 Å². The van der Waals surface area contributed by atoms with Crippen LogP contribution in [0.1, 0.15) is 21.6 Å². The smallest absolute Gasteiger partial charge is 0.340 e. The van der Waals surface area contributed by atoms with E-state index in [0.29, 0.717) is 11.8 Å². The van der Waals surface area contributed by atoms with Gasteiger partial charge in [-0.2, -0.15) is 0 Å². The second kappa shape index (κ2) is 6.30. The molecule has 0 atom stereocenters. The molecule has 0 saturated carbocycles. The van der Waals surface area contributed by atoms with Crippen LogP contribution in [0.15, 0.2) is 30.5 Å². The lowest BCUT2D eigenvalue weighted by atomic mass is 10.1. The summed E-state index contributed by atoms with van der Waals surface area (Å²) < 4.78 is 31.6. The first-order valence-corrected chi connectivity index (χ1v) is 6.24. The van der Waals surface area contributed by atoms with Crippen LogP contribution in [0.25, 0.3) is 0 Å². The molecule has 0 saturated heterocycles. The number of esters is 1. The Bertz CT molecular complexity index is 657. The van der Waals surface area contributed by atoms with E-state index in [-0.39, 0.29) is 17.8 Å². The summed E-state index contributed by atoms with van der Waals surface area (Å²) in [6.07, 6.45) is 1.69. The first-order chi connectivity index (χ1) is 10.0. The highest BCUT2D eigenvalue weighted by Crippen LogP contribution is 2.20. The Morgan fingerprint density at radius 2 is 2.05 bits per heavy atom. The second-order valence-electron chi connectivity index (χ2n) is 4.48. The molecule has 0 amide bonds. The van der Waals surface area contributed by atoms with Crippen LogP contribution < -0.4 is 5.32 Å². The summed E-state index contributed by atoms with van der Waals surface area (Å²) in [5.41, 5.74) is 1.40. The Kier molecular flexibility index (Phi) is 4.47. The number of benzene rings is 1. The zero-order valence-electron chi connectivity index (χ0n) is 11.6. The van der Waals surface area contributed by atoms with E-state index in [2.05, 4.69) is 15.0 Å². The summed E-state index contributed by atoms with van der Waals surface area (Å²) in [4.78, 5) is 15.5. The lowest BCUT2D eigenvalue weighted by Crippen LogP contribution is -2.09. The van der Waals surface area contributed by atoms with Gasteiger partial charge < -0.3 is 10.1 Å². The zero-order valence-corrected chi connectivity index (χ0v) is 11.6. The molecule has 1 heterocycles. The summed E-state index contributed by atoms with van der Waals surface area (Å²) in [6.45, 7) is 2.16. The fourth-order valence-electron chi connectivity index (χ4n) is 1.74. The minimum Gasteiger partial charge on any atom is -0.465 e. The van der Waals surface area contributed by atoms with Gasteiger partial charge in [-0.15, -0.1) is 0 Å². The van der Waals surface area contributed by atoms with Gasteiger partial charge in [-0.1, -0.05) is 6.07 Å². The Balaban J connectivity index is 2.19. The number of hydrogen-bond acceptors (Lipinski definition) is 4. The van der Waals surface area contributed by atoms with E-state index in [4.69, 9.17) is 0 Å². The molecular formula is C15H14F2N2O2. The van der Waals surface area contributed by atoms with E-state index in [0.717, 1.165) is 18.7 Å². The number of nitrogens with one attached hydrogen (secondary N) is 1. The van der Waals surface area contributed by atoms with E-state index in [1.54, 1.807) is 12.3 Å². The van der Waals surface area contributed by atoms with Gasteiger partial charge in [0.15, 0.2) is 0 Å². The summed E-state index contributed by atoms with van der Waals surface area (Å²) >= 11 is 0. The topological polar surface area (TPSA) is 51.2 Å². The number of pyridine rings is 1. The average molecular weight is 292 g/mol. The normalized spacial score (nSPS) is 10.3. The first kappa shape index (κ1) is 14.9. The summed E-state index contributed by atoms with van der Waals surface area (Å²) in [5, 5.41) is 2.78. The molecule has 2 aromatic rings. The van der Waals surface area contributed by atoms with Crippen LogP contribution in [0.4, 0.5) is 14.5 Å². The number of carbonyl (C=O) groups is 1. The van der Waals surface area contributed by atoms with Crippen molar-refractivity contribution >= 4 is 11.7 Å². The van der Waals surface area contributed by atoms with E-state index < -0.39 is 17.6 Å². The predicted octanol–water partition coefficient (Wildman–Crippen LogP) is 3.07. The quantitative estimate of drug-likeness (QED) is 0.880. The molecule has 0 fully saturated rings. The van der Waals surface area contributed by atoms with E-state index in [1.807, 2.05) is 13.0 Å². The summed E-state index contributed by atoms with van der Waals surface area (Å²) in [6, 6.07) is 5.41. The number of aryl methyl sites for hydroxylation is 1. The Labute approximate surface area is 120 Å². The van der Waals surface area contributed by atoms with Gasteiger partial charge in [-0.25, -0.2) is 13.6 Å². The molecule has 0 radical (unpaired) electrons. The third-order valence-corrected chi connectivity index (χ3v) is 2.89. The molecule has 0 unspecified atom stereocenters. The van der Waals surface area contributed by atoms with Crippen molar-refractivity contribution in [3.63, 3.8) is 0 Å². The van der Waals surface area contributed by atoms with Gasteiger partial charge in [0.05, 0.1) is 30.6 Å². The van der Waals surface area contributed by atoms with Gasteiger partial charge in [0, 0.05) is 12.3 Å². The molecule has 0 aliphatic carbocycles. The van der Waals surface area contributed by atoms with Crippen LogP contribution in [-0.2, 0) is 11.3 Å². The molecule has 0 aliphatic rings. The summed E-state index contributed by atoms with van der Waals surface area (Å²) in [5.74, 6) is -2.60. The van der Waals surface area contributed by atoms with Gasteiger partial charge in [0.25, 0.3) is 0 Å². The van der Waals surface area contributed by atoms with Gasteiger partial charge in [-0.05, 0) is 24.6 Å². The number of halogens is 2. The van der Waals surface area contributed by atoms with Crippen LogP contribution in [0.3, 0.4) is 0 Å². The maximum Gasteiger partial charge on any atom is 0.340 e. The Hall–Kier alpha value is -2.50. The largest absolute Gasteiger partial charge is 0.465 e. The highest BCUT2D eigenvalue weighted by atomic mass is 19.1. The molecule has 1 aromatic carbocycles. The van der Waals surface area contributed by atoms with Gasteiger partial charge in [0.1, 0.15) is 11.6 Å². The fourth-order valence-corrected chi connectivity index (χ4v) is 1.74. The van der Waals surface area contributed by atoms with Crippen molar-refractivity contribution in [3.8, 4) is 0 Å². The third-order valence-electron chi connectivity index (χ3n) is 2.89. The van der Waals surface area contributed by atoms with Crippen molar-refractivity contribution in [2.45, 2.75) is 13.5 Å². The number of methoxy groups -OCH3 is 1. The molecule has 0 bridgehead atoms. The third kappa shape index (κ3) is 3.53. The molecular weight excluding hydrogens is 278 g/mol. The number of carbonyl (C=O) groups excluding carboxylic acids is 1. The van der Waals surface area contributed by atoms with Crippen molar-refractivity contribution in [3.05, 3.63) is 58.9 Å². The number of anilines is 1. The van der Waals surface area contributed by atoms with Crippen LogP contribution >= 0.6 is 0 Å². The maximum absolute atomic E-state index is 13.7. The standard InChI is InChI=1S/C15H14F2N2O2/c1-9-3-4-10(18-7-9)8-19-14-5-11(15(20)21-2)12(16)6-13(14)17/h3-7,19H,8H2,1-2H3. The van der Waals surface area contributed by atoms with Gasteiger partial charge in [-0.3, -0.25) is 4.98 Å². The number of nitrogens with zero attached hydrogens (tertiary/aromatic N) is 1. The molecule has 110 valence electrons. The van der Waals surface area contributed by atoms with Crippen molar-refractivity contribution in [2.75, 3.05) is 12.4 Å². The maximum atomic E-state index is 13.7. The molecule has 21 heavy (non-hydrogen) atoms. The molecule has 0 spiro atoms. The Morgan fingerprint density at radius 3 is 2.67 bits per heavy atom. The number of ether oxygens (including phenoxy) is 1. The van der Waals surface area contributed by atoms with Crippen molar-refractivity contribution in [1.82, 2.24) is 4.98 Å². The van der Waals surface area contributed by atoms with Crippen LogP contribution in [-0.4, -0.2) is 18.1 Å². The van der Waals surface area contributed by atoms with Gasteiger partial charge >= 0.3 is 5.97 Å². The SMILES string of the molecule is COC(=O)c1cc(NCc2ccc(C)cn2)c(F)cc1F. The molecule has 1 N–H and O–H groups in total. The first-order valence-electron chi connectivity index (χ1n) is 6.24. The van der Waals surface area contributed by atoms with Crippen molar-refractivity contribution in [2.24, 2.45) is 0 Å². The average Bonchev–Trinajstić information content (AvgIpc) is 2.47. The molecule has 0 aliphatic heterocycles. The fraction of sp³-hybridized carbons (Fsp3) is 0.200. The molecule has 1 aromatic heterocycles. The predicted molar refractivity (Wildman–Crippen MR) is 74.0 cm³/mol. The molecule has 4 nitrogen and oxygen atoms in total. The van der Waals surface area contributed by atoms with Crippen LogP contribution in [0.5, 0.6) is 0 Å². The minimum atomic E-state index is -0.960. The minimum absolute atomic E-state index is 0.0131. The van der Waals surface area contributed by atoms with E-state index in [1.165, 1.54) is 0 Å². The highest BCUT2D eigenvalue weighted by Gasteiger charge is 2.16. The zero-order chi connectivity index (χ0) is 15.4. The molecule has 6 heteroatoms. The monoisotopic (exact) mass is 292 g/mol. The highest BCUT2D eigenvalue weighted by molar-refractivity contribution is 5.90. The van der Waals surface area contributed by atoms with E-state index >= 15 is 0 Å². The lowest BCUT2D eigenvalue weighted by Gasteiger charge is -2.10. The second-order valence-corrected chi connectivity index (χ2v) is 4.48. The number of aromatic nitrogens is 1. The summed E-state index contributed by atoms with van der Waals surface area (Å²) in [7, 11) is 1.13. The number of rotatable bonds is 4. The van der Waals surface area contributed by atoms with Crippen molar-refractivity contribution < 1.29 is 18.3 Å². The van der Waals surface area contributed by atoms with E-state index in [9.17, 15) is 13.6 Å². The Morgan fingerprint density at radius 1 is 1.29 bits per heavy atom. The van der Waals surface area contributed by atoms with Crippen LogP contribution in [0.2, 0.25) is 0 Å². The number of hydrogen-bond donors (Lipinski definition) is 1.